The lowest BCUT2D eigenvalue weighted by atomic mass is 10.2. The van der Waals surface area contributed by atoms with Gasteiger partial charge in [-0.3, -0.25) is 0 Å². The maximum atomic E-state index is 2.53. The van der Waals surface area contributed by atoms with Gasteiger partial charge in [0, 0.05) is 85.4 Å². The largest absolute Gasteiger partial charge is 0.309 e. The molecule has 0 spiro atoms. The van der Waals surface area contributed by atoms with Crippen molar-refractivity contribution in [1.29, 1.82) is 0 Å². The SMILES string of the molecule is c1ccc(S(c2ccccc2)(c2cc(-n3c4ccccc4c4ccccc43)cc(-n3c4ccccc4c4ccccc43)c2)c2cc(-n3c4ccccc4c4ccccc43)cc(-n3c4ccccc4c4ccccc43)c2)cc1. The van der Waals surface area contributed by atoms with Crippen molar-refractivity contribution in [1.82, 2.24) is 18.3 Å². The van der Waals surface area contributed by atoms with E-state index in [1.54, 1.807) is 0 Å². The normalized spacial score (nSPS) is 12.4. The predicted molar refractivity (Wildman–Crippen MR) is 324 cm³/mol. The first-order chi connectivity index (χ1) is 38.2. The number of fused-ring (bicyclic) bond motifs is 12. The number of aromatic nitrogens is 4. The van der Waals surface area contributed by atoms with E-state index in [2.05, 4.69) is 309 Å². The second-order valence-corrected chi connectivity index (χ2v) is 23.2. The van der Waals surface area contributed by atoms with Crippen LogP contribution in [-0.4, -0.2) is 18.3 Å². The molecule has 0 N–H and O–H groups in total. The van der Waals surface area contributed by atoms with Gasteiger partial charge in [0.15, 0.2) is 0 Å². The molecule has 4 aromatic heterocycles. The molecule has 0 aliphatic carbocycles. The second kappa shape index (κ2) is 17.1. The summed E-state index contributed by atoms with van der Waals surface area (Å²) in [6.07, 6.45) is 0. The topological polar surface area (TPSA) is 19.7 Å². The van der Waals surface area contributed by atoms with Gasteiger partial charge in [-0.25, -0.2) is 0 Å². The first-order valence-corrected chi connectivity index (χ1v) is 28.0. The molecule has 5 heteroatoms. The molecule has 0 radical (unpaired) electrons. The number of para-hydroxylation sites is 8. The molecule has 77 heavy (non-hydrogen) atoms. The van der Waals surface area contributed by atoms with E-state index in [0.717, 1.165) is 22.7 Å². The maximum absolute atomic E-state index is 2.53. The minimum Gasteiger partial charge on any atom is -0.309 e. The van der Waals surface area contributed by atoms with Gasteiger partial charge >= 0.3 is 0 Å². The summed E-state index contributed by atoms with van der Waals surface area (Å²) in [5.41, 5.74) is 13.7. The van der Waals surface area contributed by atoms with E-state index in [1.165, 1.54) is 107 Å². The Morgan fingerprint density at radius 1 is 0.169 bits per heavy atom. The zero-order valence-electron chi connectivity index (χ0n) is 41.9. The molecule has 0 saturated carbocycles. The Morgan fingerprint density at radius 3 is 0.558 bits per heavy atom. The van der Waals surface area contributed by atoms with Crippen molar-refractivity contribution in [3.63, 3.8) is 0 Å². The van der Waals surface area contributed by atoms with Crippen LogP contribution in [0.2, 0.25) is 0 Å². The minimum absolute atomic E-state index is 1.10. The van der Waals surface area contributed by atoms with Crippen LogP contribution in [0, 0.1) is 0 Å². The van der Waals surface area contributed by atoms with Crippen LogP contribution in [0.3, 0.4) is 0 Å². The van der Waals surface area contributed by atoms with Crippen LogP contribution in [0.4, 0.5) is 0 Å². The van der Waals surface area contributed by atoms with E-state index in [4.69, 9.17) is 0 Å². The zero-order valence-corrected chi connectivity index (χ0v) is 42.7. The second-order valence-electron chi connectivity index (χ2n) is 20.1. The standard InChI is InChI=1S/C72H48N4S/c1-3-23-53(24-4-1)77(54-25-5-2-6-26-54,55-45-49(73-65-35-15-7-27-57(65)58-28-8-16-36-66(58)73)43-50(46-55)74-67-37-17-9-29-59(67)60-30-10-18-38-68(60)74)56-47-51(75-69-39-19-11-31-61(69)62-32-12-20-40-70(62)75)44-52(48-56)76-71-41-21-13-33-63(71)64-34-14-22-42-72(64)76/h1-48H. The smallest absolute Gasteiger partial charge is 0.0541 e. The predicted octanol–water partition coefficient (Wildman–Crippen LogP) is 19.4. The van der Waals surface area contributed by atoms with Crippen LogP contribution < -0.4 is 0 Å². The highest BCUT2D eigenvalue weighted by Gasteiger charge is 2.36. The highest BCUT2D eigenvalue weighted by Crippen LogP contribution is 2.74. The molecule has 4 nitrogen and oxygen atoms in total. The molecular formula is C72H48N4S. The van der Waals surface area contributed by atoms with Crippen molar-refractivity contribution in [2.75, 3.05) is 0 Å². The molecule has 12 aromatic carbocycles. The van der Waals surface area contributed by atoms with E-state index in [1.807, 2.05) is 0 Å². The Balaban J connectivity index is 1.11. The molecule has 0 aliphatic heterocycles. The number of benzene rings is 12. The Morgan fingerprint density at radius 2 is 0.351 bits per heavy atom. The van der Waals surface area contributed by atoms with Crippen molar-refractivity contribution in [2.24, 2.45) is 0 Å². The number of hydrogen-bond donors (Lipinski definition) is 0. The molecule has 0 atom stereocenters. The van der Waals surface area contributed by atoms with Crippen molar-refractivity contribution in [3.8, 4) is 22.7 Å². The highest BCUT2D eigenvalue weighted by atomic mass is 32.3. The third-order valence-electron chi connectivity index (χ3n) is 16.0. The molecule has 0 fully saturated rings. The fourth-order valence-electron chi connectivity index (χ4n) is 12.9. The molecular weight excluding hydrogens is 953 g/mol. The quantitative estimate of drug-likeness (QED) is 0.145. The summed E-state index contributed by atoms with van der Waals surface area (Å²) in [5.74, 6) is 0. The summed E-state index contributed by atoms with van der Waals surface area (Å²) in [6.45, 7) is 0. The average Bonchev–Trinajstić information content (AvgIpc) is 4.33. The Bertz CT molecular complexity index is 4200. The number of nitrogens with zero attached hydrogens (tertiary/aromatic N) is 4. The van der Waals surface area contributed by atoms with Gasteiger partial charge < -0.3 is 18.3 Å². The van der Waals surface area contributed by atoms with Gasteiger partial charge in [0.05, 0.1) is 44.1 Å². The third kappa shape index (κ3) is 6.41. The molecule has 16 aromatic rings. The summed E-state index contributed by atoms with van der Waals surface area (Å²) < 4.78 is 10.0. The molecule has 0 bridgehead atoms. The Kier molecular flexibility index (Phi) is 9.69. The lowest BCUT2D eigenvalue weighted by Gasteiger charge is -2.43. The van der Waals surface area contributed by atoms with Gasteiger partial charge in [0.2, 0.25) is 0 Å². The van der Waals surface area contributed by atoms with Crippen molar-refractivity contribution < 1.29 is 0 Å². The highest BCUT2D eigenvalue weighted by molar-refractivity contribution is 8.34. The minimum atomic E-state index is -2.45. The Hall–Kier alpha value is -9.81. The molecule has 4 heterocycles. The van der Waals surface area contributed by atoms with Crippen molar-refractivity contribution >= 4 is 97.3 Å². The average molecular weight is 1000 g/mol. The zero-order chi connectivity index (χ0) is 50.6. The first kappa shape index (κ1) is 43.6. The van der Waals surface area contributed by atoms with Crippen LogP contribution in [0.25, 0.3) is 110 Å². The summed E-state index contributed by atoms with van der Waals surface area (Å²) in [7, 11) is -2.45. The van der Waals surface area contributed by atoms with Crippen LogP contribution in [-0.2, 0) is 0 Å². The van der Waals surface area contributed by atoms with E-state index in [-0.39, 0.29) is 0 Å². The Labute approximate surface area is 446 Å². The van der Waals surface area contributed by atoms with E-state index in [0.29, 0.717) is 0 Å². The molecule has 0 amide bonds. The van der Waals surface area contributed by atoms with E-state index < -0.39 is 10.0 Å². The summed E-state index contributed by atoms with van der Waals surface area (Å²) in [6, 6.07) is 109. The monoisotopic (exact) mass is 1000 g/mol. The fraction of sp³-hybridized carbons (Fsp3) is 0. The summed E-state index contributed by atoms with van der Waals surface area (Å²) in [5, 5.41) is 9.82. The van der Waals surface area contributed by atoms with Crippen LogP contribution >= 0.6 is 10.0 Å². The van der Waals surface area contributed by atoms with Gasteiger partial charge in [-0.05, 0) is 109 Å². The molecule has 0 unspecified atom stereocenters. The van der Waals surface area contributed by atoms with Crippen molar-refractivity contribution in [3.05, 3.63) is 291 Å². The lowest BCUT2D eigenvalue weighted by Crippen LogP contribution is -2.10. The third-order valence-corrected chi connectivity index (χ3v) is 19.8. The van der Waals surface area contributed by atoms with Gasteiger partial charge in [-0.15, -0.1) is 10.0 Å². The van der Waals surface area contributed by atoms with Crippen LogP contribution in [0.15, 0.2) is 311 Å². The number of hydrogen-bond acceptors (Lipinski definition) is 0. The van der Waals surface area contributed by atoms with Crippen molar-refractivity contribution in [2.45, 2.75) is 19.6 Å². The van der Waals surface area contributed by atoms with Gasteiger partial charge in [-0.2, -0.15) is 0 Å². The van der Waals surface area contributed by atoms with E-state index >= 15 is 0 Å². The van der Waals surface area contributed by atoms with Gasteiger partial charge in [0.1, 0.15) is 0 Å². The van der Waals surface area contributed by atoms with Crippen LogP contribution in [0.1, 0.15) is 0 Å². The van der Waals surface area contributed by atoms with Gasteiger partial charge in [0.25, 0.3) is 0 Å². The number of rotatable bonds is 8. The molecule has 0 saturated heterocycles. The van der Waals surface area contributed by atoms with Crippen LogP contribution in [0.5, 0.6) is 0 Å². The van der Waals surface area contributed by atoms with Gasteiger partial charge in [-0.1, -0.05) is 182 Å². The van der Waals surface area contributed by atoms with E-state index in [9.17, 15) is 0 Å². The fourth-order valence-corrected chi connectivity index (χ4v) is 16.8. The molecule has 362 valence electrons. The first-order valence-electron chi connectivity index (χ1n) is 26.4. The lowest BCUT2D eigenvalue weighted by molar-refractivity contribution is 1.09. The summed E-state index contributed by atoms with van der Waals surface area (Å²) in [4.78, 5) is 4.93. The maximum Gasteiger partial charge on any atom is 0.0541 e. The molecule has 16 rings (SSSR count). The summed E-state index contributed by atoms with van der Waals surface area (Å²) >= 11 is 0. The molecule has 0 aliphatic rings.